The van der Waals surface area contributed by atoms with E-state index < -0.39 is 0 Å². The zero-order valence-electron chi connectivity index (χ0n) is 15.7. The second kappa shape index (κ2) is 8.57. The van der Waals surface area contributed by atoms with E-state index in [1.807, 2.05) is 29.2 Å². The SMILES string of the molecule is CC(C)c1ccc(C(=O)N2CCC(NC(=O)c3cccc(Cl)c3)CC2)cc1. The molecule has 1 N–H and O–H groups in total. The summed E-state index contributed by atoms with van der Waals surface area (Å²) in [6.45, 7) is 5.56. The number of amides is 2. The summed E-state index contributed by atoms with van der Waals surface area (Å²) < 4.78 is 0. The molecule has 0 aliphatic carbocycles. The highest BCUT2D eigenvalue weighted by atomic mass is 35.5. The molecule has 5 heteroatoms. The lowest BCUT2D eigenvalue weighted by Gasteiger charge is -2.32. The normalized spacial score (nSPS) is 15.0. The Labute approximate surface area is 165 Å². The highest BCUT2D eigenvalue weighted by Crippen LogP contribution is 2.18. The average molecular weight is 385 g/mol. The summed E-state index contributed by atoms with van der Waals surface area (Å²) in [6, 6.07) is 14.9. The first-order valence-corrected chi connectivity index (χ1v) is 9.77. The first-order chi connectivity index (χ1) is 12.9. The minimum atomic E-state index is -0.119. The van der Waals surface area contributed by atoms with Gasteiger partial charge in [-0.2, -0.15) is 0 Å². The molecule has 0 spiro atoms. The van der Waals surface area contributed by atoms with Crippen molar-refractivity contribution in [1.82, 2.24) is 10.2 Å². The number of nitrogens with one attached hydrogen (secondary N) is 1. The Balaban J connectivity index is 1.53. The lowest BCUT2D eigenvalue weighted by molar-refractivity contribution is 0.0698. The maximum atomic E-state index is 12.7. The molecule has 27 heavy (non-hydrogen) atoms. The number of hydrogen-bond acceptors (Lipinski definition) is 2. The van der Waals surface area contributed by atoms with Gasteiger partial charge in [0.2, 0.25) is 0 Å². The largest absolute Gasteiger partial charge is 0.349 e. The van der Waals surface area contributed by atoms with Gasteiger partial charge in [0.1, 0.15) is 0 Å². The number of carbonyl (C=O) groups is 2. The van der Waals surface area contributed by atoms with Crippen LogP contribution in [0.5, 0.6) is 0 Å². The third-order valence-corrected chi connectivity index (χ3v) is 5.26. The van der Waals surface area contributed by atoms with Crippen molar-refractivity contribution in [2.75, 3.05) is 13.1 Å². The van der Waals surface area contributed by atoms with Gasteiger partial charge in [-0.3, -0.25) is 9.59 Å². The predicted molar refractivity (Wildman–Crippen MR) is 108 cm³/mol. The van der Waals surface area contributed by atoms with Crippen LogP contribution in [0.3, 0.4) is 0 Å². The van der Waals surface area contributed by atoms with Gasteiger partial charge >= 0.3 is 0 Å². The van der Waals surface area contributed by atoms with Crippen LogP contribution in [-0.2, 0) is 0 Å². The number of hydrogen-bond donors (Lipinski definition) is 1. The Bertz CT molecular complexity index is 809. The molecule has 2 aromatic rings. The number of benzene rings is 2. The van der Waals surface area contributed by atoms with Gasteiger partial charge in [-0.1, -0.05) is 43.6 Å². The quantitative estimate of drug-likeness (QED) is 0.843. The molecule has 4 nitrogen and oxygen atoms in total. The molecule has 0 radical (unpaired) electrons. The van der Waals surface area contributed by atoms with Gasteiger partial charge in [-0.25, -0.2) is 0 Å². The minimum Gasteiger partial charge on any atom is -0.349 e. The molecule has 2 amide bonds. The maximum Gasteiger partial charge on any atom is 0.253 e. The Kier molecular flexibility index (Phi) is 6.17. The van der Waals surface area contributed by atoms with Gasteiger partial charge < -0.3 is 10.2 Å². The number of likely N-dealkylation sites (tertiary alicyclic amines) is 1. The number of rotatable bonds is 4. The molecule has 0 atom stereocenters. The second-order valence-electron chi connectivity index (χ2n) is 7.33. The van der Waals surface area contributed by atoms with E-state index in [1.165, 1.54) is 5.56 Å². The van der Waals surface area contributed by atoms with E-state index in [0.29, 0.717) is 29.6 Å². The van der Waals surface area contributed by atoms with E-state index in [2.05, 4.69) is 19.2 Å². The summed E-state index contributed by atoms with van der Waals surface area (Å²) in [7, 11) is 0. The van der Waals surface area contributed by atoms with Gasteiger partial charge in [0, 0.05) is 35.3 Å². The number of carbonyl (C=O) groups excluding carboxylic acids is 2. The Morgan fingerprint density at radius 3 is 2.30 bits per heavy atom. The number of piperidine rings is 1. The van der Waals surface area contributed by atoms with E-state index >= 15 is 0 Å². The van der Waals surface area contributed by atoms with E-state index in [0.717, 1.165) is 18.4 Å². The average Bonchev–Trinajstić information content (AvgIpc) is 2.68. The highest BCUT2D eigenvalue weighted by molar-refractivity contribution is 6.30. The minimum absolute atomic E-state index is 0.0601. The van der Waals surface area contributed by atoms with Crippen LogP contribution in [0.2, 0.25) is 5.02 Å². The first kappa shape index (κ1) is 19.4. The molecule has 2 aromatic carbocycles. The standard InChI is InChI=1S/C22H25ClN2O2/c1-15(2)16-6-8-17(9-7-16)22(27)25-12-10-20(11-13-25)24-21(26)18-4-3-5-19(23)14-18/h3-9,14-15,20H,10-13H2,1-2H3,(H,24,26). The molecule has 0 aromatic heterocycles. The summed E-state index contributed by atoms with van der Waals surface area (Å²) >= 11 is 5.95. The van der Waals surface area contributed by atoms with Gasteiger partial charge in [0.25, 0.3) is 11.8 Å². The fourth-order valence-electron chi connectivity index (χ4n) is 3.32. The van der Waals surface area contributed by atoms with Crippen molar-refractivity contribution < 1.29 is 9.59 Å². The molecule has 0 saturated carbocycles. The third-order valence-electron chi connectivity index (χ3n) is 5.03. The van der Waals surface area contributed by atoms with Gasteiger partial charge in [-0.15, -0.1) is 0 Å². The van der Waals surface area contributed by atoms with Crippen molar-refractivity contribution in [3.05, 3.63) is 70.2 Å². The van der Waals surface area contributed by atoms with Gasteiger partial charge in [-0.05, 0) is 54.7 Å². The van der Waals surface area contributed by atoms with Crippen LogP contribution >= 0.6 is 11.6 Å². The summed E-state index contributed by atoms with van der Waals surface area (Å²) in [5.74, 6) is 0.393. The number of nitrogens with zero attached hydrogens (tertiary/aromatic N) is 1. The fourth-order valence-corrected chi connectivity index (χ4v) is 3.51. The summed E-state index contributed by atoms with van der Waals surface area (Å²) in [4.78, 5) is 26.9. The molecule has 1 aliphatic rings. The van der Waals surface area contributed by atoms with E-state index in [-0.39, 0.29) is 17.9 Å². The van der Waals surface area contributed by atoms with Crippen molar-refractivity contribution >= 4 is 23.4 Å². The molecule has 1 fully saturated rings. The third kappa shape index (κ3) is 4.89. The van der Waals surface area contributed by atoms with Crippen molar-refractivity contribution in [3.63, 3.8) is 0 Å². The molecule has 3 rings (SSSR count). The molecule has 1 heterocycles. The molecular weight excluding hydrogens is 360 g/mol. The molecule has 142 valence electrons. The Morgan fingerprint density at radius 2 is 1.70 bits per heavy atom. The predicted octanol–water partition coefficient (Wildman–Crippen LogP) is 4.50. The fraction of sp³-hybridized carbons (Fsp3) is 0.364. The zero-order valence-corrected chi connectivity index (χ0v) is 16.5. The van der Waals surface area contributed by atoms with Crippen molar-refractivity contribution in [2.45, 2.75) is 38.6 Å². The van der Waals surface area contributed by atoms with Crippen LogP contribution in [0.15, 0.2) is 48.5 Å². The summed E-state index contributed by atoms with van der Waals surface area (Å²) in [6.07, 6.45) is 1.50. The lowest BCUT2D eigenvalue weighted by Crippen LogP contribution is -2.46. The zero-order chi connectivity index (χ0) is 19.4. The van der Waals surface area contributed by atoms with Crippen LogP contribution in [0.4, 0.5) is 0 Å². The van der Waals surface area contributed by atoms with Crippen LogP contribution in [-0.4, -0.2) is 35.8 Å². The van der Waals surface area contributed by atoms with Crippen LogP contribution in [0, 0.1) is 0 Å². The molecular formula is C22H25ClN2O2. The molecule has 1 aliphatic heterocycles. The van der Waals surface area contributed by atoms with Crippen molar-refractivity contribution in [2.24, 2.45) is 0 Å². The lowest BCUT2D eigenvalue weighted by atomic mass is 10.00. The van der Waals surface area contributed by atoms with Gasteiger partial charge in [0.15, 0.2) is 0 Å². The van der Waals surface area contributed by atoms with Crippen LogP contribution in [0.1, 0.15) is 58.9 Å². The summed E-state index contributed by atoms with van der Waals surface area (Å²) in [5, 5.41) is 3.59. The molecule has 0 unspecified atom stereocenters. The van der Waals surface area contributed by atoms with Crippen molar-refractivity contribution in [1.29, 1.82) is 0 Å². The second-order valence-corrected chi connectivity index (χ2v) is 7.76. The Hall–Kier alpha value is -2.33. The number of halogens is 1. The topological polar surface area (TPSA) is 49.4 Å². The summed E-state index contributed by atoms with van der Waals surface area (Å²) in [5.41, 5.74) is 2.51. The maximum absolute atomic E-state index is 12.7. The van der Waals surface area contributed by atoms with E-state index in [9.17, 15) is 9.59 Å². The highest BCUT2D eigenvalue weighted by Gasteiger charge is 2.25. The van der Waals surface area contributed by atoms with Crippen LogP contribution < -0.4 is 5.32 Å². The van der Waals surface area contributed by atoms with Crippen molar-refractivity contribution in [3.8, 4) is 0 Å². The van der Waals surface area contributed by atoms with Gasteiger partial charge in [0.05, 0.1) is 0 Å². The van der Waals surface area contributed by atoms with E-state index in [4.69, 9.17) is 11.6 Å². The Morgan fingerprint density at radius 1 is 1.04 bits per heavy atom. The first-order valence-electron chi connectivity index (χ1n) is 9.39. The molecule has 1 saturated heterocycles. The monoisotopic (exact) mass is 384 g/mol. The van der Waals surface area contributed by atoms with Crippen LogP contribution in [0.25, 0.3) is 0 Å². The smallest absolute Gasteiger partial charge is 0.253 e. The van der Waals surface area contributed by atoms with E-state index in [1.54, 1.807) is 24.3 Å². The molecule has 0 bridgehead atoms.